The molecule has 2 aromatic rings. The summed E-state index contributed by atoms with van der Waals surface area (Å²) in [6, 6.07) is 3.91. The fourth-order valence-electron chi connectivity index (χ4n) is 3.98. The lowest BCUT2D eigenvalue weighted by atomic mass is 9.98. The lowest BCUT2D eigenvalue weighted by Crippen LogP contribution is -3.12. The third-order valence-corrected chi connectivity index (χ3v) is 5.61. The van der Waals surface area contributed by atoms with Crippen LogP contribution in [0.4, 0.5) is 5.82 Å². The fourth-order valence-corrected chi connectivity index (χ4v) is 3.98. The van der Waals surface area contributed by atoms with Crippen molar-refractivity contribution in [2.24, 2.45) is 7.05 Å². The number of aromatic nitrogens is 2. The van der Waals surface area contributed by atoms with Gasteiger partial charge in [-0.05, 0) is 24.1 Å². The minimum Gasteiger partial charge on any atom is -0.493 e. The molecule has 2 heterocycles. The Bertz CT molecular complexity index is 1090. The zero-order valence-electron chi connectivity index (χ0n) is 17.9. The smallest absolute Gasteiger partial charge is 0.332 e. The Morgan fingerprint density at radius 3 is 2.40 bits per heavy atom. The first-order valence-corrected chi connectivity index (χ1v) is 10.0. The molecular weight excluding hydrogens is 388 g/mol. The average molecular weight is 417 g/mol. The summed E-state index contributed by atoms with van der Waals surface area (Å²) in [5, 5.41) is 0. The summed E-state index contributed by atoms with van der Waals surface area (Å²) < 4.78 is 13.0. The quantitative estimate of drug-likeness (QED) is 0.581. The molecule has 1 aliphatic heterocycles. The van der Waals surface area contributed by atoms with E-state index >= 15 is 0 Å². The highest BCUT2D eigenvalue weighted by Crippen LogP contribution is 2.31. The van der Waals surface area contributed by atoms with Crippen LogP contribution >= 0.6 is 0 Å². The molecule has 0 fully saturated rings. The average Bonchev–Trinajstić information content (AvgIpc) is 2.74. The van der Waals surface area contributed by atoms with Gasteiger partial charge in [0, 0.05) is 25.6 Å². The van der Waals surface area contributed by atoms with Crippen molar-refractivity contribution in [1.29, 1.82) is 0 Å². The Hall–Kier alpha value is -3.07. The van der Waals surface area contributed by atoms with E-state index < -0.39 is 11.2 Å². The number of methoxy groups -OCH3 is 2. The largest absolute Gasteiger partial charge is 0.493 e. The number of rotatable bonds is 7. The van der Waals surface area contributed by atoms with Gasteiger partial charge < -0.3 is 20.1 Å². The van der Waals surface area contributed by atoms with Crippen LogP contribution in [0.5, 0.6) is 11.5 Å². The van der Waals surface area contributed by atoms with Crippen molar-refractivity contribution in [3.63, 3.8) is 0 Å². The molecule has 162 valence electrons. The second-order valence-electron chi connectivity index (χ2n) is 7.56. The highest BCUT2D eigenvalue weighted by Gasteiger charge is 2.28. The molecule has 0 radical (unpaired) electrons. The number of hydrogen-bond acceptors (Lipinski definition) is 6. The van der Waals surface area contributed by atoms with Crippen molar-refractivity contribution < 1.29 is 19.2 Å². The van der Waals surface area contributed by atoms with Crippen LogP contribution in [0.1, 0.15) is 34.8 Å². The van der Waals surface area contributed by atoms with Gasteiger partial charge in [0.05, 0.1) is 20.8 Å². The number of Topliss-reactive ketones (excluding diaryl/α,β-unsaturated/α-hetero) is 1. The van der Waals surface area contributed by atoms with Crippen LogP contribution in [0.25, 0.3) is 0 Å². The number of quaternary nitrogens is 1. The highest BCUT2D eigenvalue weighted by atomic mass is 16.5. The molecule has 9 nitrogen and oxygen atoms in total. The summed E-state index contributed by atoms with van der Waals surface area (Å²) in [4.78, 5) is 39.0. The highest BCUT2D eigenvalue weighted by molar-refractivity contribution is 6.00. The second kappa shape index (κ2) is 8.74. The lowest BCUT2D eigenvalue weighted by molar-refractivity contribution is -0.907. The van der Waals surface area contributed by atoms with Crippen LogP contribution in [0.3, 0.4) is 0 Å². The first-order chi connectivity index (χ1) is 14.3. The predicted molar refractivity (Wildman–Crippen MR) is 113 cm³/mol. The molecule has 0 saturated heterocycles. The number of carbonyl (C=O) groups excluding carboxylic acids is 1. The Balaban J connectivity index is 1.88. The Morgan fingerprint density at radius 2 is 1.80 bits per heavy atom. The van der Waals surface area contributed by atoms with E-state index in [1.165, 1.54) is 11.6 Å². The number of fused-ring (bicyclic) bond motifs is 1. The van der Waals surface area contributed by atoms with Crippen molar-refractivity contribution in [3.8, 4) is 11.5 Å². The SMILES string of the molecule is CCCn1c(N)c(C(=O)C[NH+]2CCc3cc(OC)c(OC)cc3C2)c(=O)n(C)c1=O. The molecule has 0 aliphatic carbocycles. The van der Waals surface area contributed by atoms with Crippen LogP contribution < -0.4 is 31.4 Å². The van der Waals surface area contributed by atoms with E-state index in [1.54, 1.807) is 14.2 Å². The van der Waals surface area contributed by atoms with Gasteiger partial charge in [0.25, 0.3) is 5.56 Å². The molecule has 1 unspecified atom stereocenters. The van der Waals surface area contributed by atoms with Gasteiger partial charge in [-0.1, -0.05) is 6.92 Å². The van der Waals surface area contributed by atoms with Gasteiger partial charge in [0.1, 0.15) is 24.5 Å². The summed E-state index contributed by atoms with van der Waals surface area (Å²) in [7, 11) is 4.56. The monoisotopic (exact) mass is 417 g/mol. The summed E-state index contributed by atoms with van der Waals surface area (Å²) >= 11 is 0. The molecule has 3 rings (SSSR count). The van der Waals surface area contributed by atoms with Gasteiger partial charge in [-0.25, -0.2) is 4.79 Å². The molecule has 9 heteroatoms. The number of anilines is 1. The molecule has 1 aromatic carbocycles. The van der Waals surface area contributed by atoms with Crippen molar-refractivity contribution in [2.75, 3.05) is 33.0 Å². The fraction of sp³-hybridized carbons (Fsp3) is 0.476. The third kappa shape index (κ3) is 3.85. The Morgan fingerprint density at radius 1 is 1.17 bits per heavy atom. The van der Waals surface area contributed by atoms with E-state index in [0.29, 0.717) is 31.0 Å². The van der Waals surface area contributed by atoms with Gasteiger partial charge in [0.15, 0.2) is 11.5 Å². The maximum atomic E-state index is 13.0. The lowest BCUT2D eigenvalue weighted by Gasteiger charge is -2.26. The third-order valence-electron chi connectivity index (χ3n) is 5.61. The number of hydrogen-bond donors (Lipinski definition) is 2. The van der Waals surface area contributed by atoms with E-state index in [9.17, 15) is 14.4 Å². The van der Waals surface area contributed by atoms with E-state index in [2.05, 4.69) is 0 Å². The van der Waals surface area contributed by atoms with Crippen LogP contribution in [0.15, 0.2) is 21.7 Å². The minimum atomic E-state index is -0.641. The first kappa shape index (κ1) is 21.6. The number of nitrogens with two attached hydrogens (primary N) is 1. The summed E-state index contributed by atoms with van der Waals surface area (Å²) in [5.41, 5.74) is 7.08. The molecule has 0 amide bonds. The van der Waals surface area contributed by atoms with E-state index in [-0.39, 0.29) is 23.7 Å². The van der Waals surface area contributed by atoms with Gasteiger partial charge in [0.2, 0.25) is 5.78 Å². The number of nitrogens with zero attached hydrogens (tertiary/aromatic N) is 2. The summed E-state index contributed by atoms with van der Waals surface area (Å²) in [6.07, 6.45) is 1.44. The second-order valence-corrected chi connectivity index (χ2v) is 7.56. The first-order valence-electron chi connectivity index (χ1n) is 10.0. The standard InChI is InChI=1S/C21H28N4O5/c1-5-7-25-19(22)18(20(27)23(2)21(25)28)15(26)12-24-8-6-13-9-16(29-3)17(30-4)10-14(13)11-24/h9-10H,5-8,11-12,22H2,1-4H3/p+1. The Kier molecular flexibility index (Phi) is 6.31. The van der Waals surface area contributed by atoms with E-state index in [0.717, 1.165) is 33.6 Å². The molecule has 0 bridgehead atoms. The predicted octanol–water partition coefficient (Wildman–Crippen LogP) is -0.620. The molecule has 3 N–H and O–H groups in total. The maximum Gasteiger partial charge on any atom is 0.332 e. The molecule has 1 aliphatic rings. The topological polar surface area (TPSA) is 110 Å². The Labute approximate surface area is 174 Å². The van der Waals surface area contributed by atoms with Crippen molar-refractivity contribution in [1.82, 2.24) is 9.13 Å². The molecular formula is C21H29N4O5+. The van der Waals surface area contributed by atoms with E-state index in [1.807, 2.05) is 19.1 Å². The van der Waals surface area contributed by atoms with Crippen LogP contribution in [-0.4, -0.2) is 42.2 Å². The normalized spacial score (nSPS) is 15.5. The van der Waals surface area contributed by atoms with Crippen LogP contribution in [0, 0.1) is 0 Å². The zero-order valence-corrected chi connectivity index (χ0v) is 17.9. The van der Waals surface area contributed by atoms with Crippen LogP contribution in [0.2, 0.25) is 0 Å². The van der Waals surface area contributed by atoms with Crippen molar-refractivity contribution >= 4 is 11.6 Å². The van der Waals surface area contributed by atoms with Crippen LogP contribution in [-0.2, 0) is 26.6 Å². The van der Waals surface area contributed by atoms with Gasteiger partial charge in [-0.3, -0.25) is 18.7 Å². The molecule has 0 saturated carbocycles. The number of benzene rings is 1. The number of ether oxygens (including phenoxy) is 2. The van der Waals surface area contributed by atoms with Crippen molar-refractivity contribution in [3.05, 3.63) is 49.7 Å². The number of nitrogens with one attached hydrogen (secondary N) is 1. The molecule has 1 aromatic heterocycles. The minimum absolute atomic E-state index is 0.0434. The number of ketones is 1. The molecule has 30 heavy (non-hydrogen) atoms. The summed E-state index contributed by atoms with van der Waals surface area (Å²) in [5.74, 6) is 0.939. The van der Waals surface area contributed by atoms with Gasteiger partial charge >= 0.3 is 5.69 Å². The molecule has 0 spiro atoms. The maximum absolute atomic E-state index is 13.0. The summed E-state index contributed by atoms with van der Waals surface area (Å²) in [6.45, 7) is 3.73. The van der Waals surface area contributed by atoms with E-state index in [4.69, 9.17) is 15.2 Å². The van der Waals surface area contributed by atoms with Crippen molar-refractivity contribution in [2.45, 2.75) is 32.9 Å². The van der Waals surface area contributed by atoms with Gasteiger partial charge in [-0.2, -0.15) is 0 Å². The molecule has 1 atom stereocenters. The number of carbonyl (C=O) groups is 1. The zero-order chi connectivity index (χ0) is 22.0. The van der Waals surface area contributed by atoms with Gasteiger partial charge in [-0.15, -0.1) is 0 Å². The number of nitrogen functional groups attached to an aromatic ring is 1.